The van der Waals surface area contributed by atoms with Crippen LogP contribution in [0.5, 0.6) is 0 Å². The Labute approximate surface area is 172 Å². The van der Waals surface area contributed by atoms with Gasteiger partial charge in [0, 0.05) is 21.2 Å². The monoisotopic (exact) mass is 345 g/mol. The number of carbonyl (C=O) groups excluding carboxylic acids is 1. The van der Waals surface area contributed by atoms with Gasteiger partial charge >= 0.3 is 51.4 Å². The quantitative estimate of drug-likeness (QED) is 0.621. The molecule has 2 aromatic carbocycles. The van der Waals surface area contributed by atoms with Crippen LogP contribution in [0.25, 0.3) is 22.6 Å². The van der Waals surface area contributed by atoms with Crippen molar-refractivity contribution in [2.45, 2.75) is 0 Å². The Morgan fingerprint density at radius 1 is 1.10 bits per heavy atom. The summed E-state index contributed by atoms with van der Waals surface area (Å²) in [5.74, 6) is -0.949. The van der Waals surface area contributed by atoms with Crippen molar-refractivity contribution < 1.29 is 65.7 Å². The molecule has 100 valence electrons. The maximum Gasteiger partial charge on any atom is 1.00 e. The third-order valence-electron chi connectivity index (χ3n) is 2.73. The van der Waals surface area contributed by atoms with Crippen LogP contribution in [-0.2, 0) is 0 Å². The number of hydrogen-bond acceptors (Lipinski definition) is 4. The average Bonchev–Trinajstić information content (AvgIpc) is 2.80. The van der Waals surface area contributed by atoms with E-state index in [2.05, 4.69) is 4.98 Å². The Morgan fingerprint density at radius 2 is 1.76 bits per heavy atom. The topological polar surface area (TPSA) is 66.2 Å². The zero-order chi connectivity index (χ0) is 14.3. The minimum atomic E-state index is -1.27. The van der Waals surface area contributed by atoms with Crippen molar-refractivity contribution in [1.82, 2.24) is 4.98 Å². The van der Waals surface area contributed by atoms with Crippen LogP contribution < -0.4 is 56.5 Å². The molecule has 0 saturated heterocycles. The fraction of sp³-hybridized carbons (Fsp3) is 0. The van der Waals surface area contributed by atoms with Crippen LogP contribution in [0.2, 0.25) is 10.0 Å². The summed E-state index contributed by atoms with van der Waals surface area (Å²) in [5, 5.41) is 11.7. The van der Waals surface area contributed by atoms with E-state index in [0.717, 1.165) is 0 Å². The standard InChI is InChI=1S/C14H7Cl2NO3.K/c15-9-3-8(4-10(16)6-9)13-17-11-2-1-7(14(18)19)5-12(11)20-13;/h1-6H,(H,18,19);/q;+1/p-1. The molecule has 0 amide bonds. The Morgan fingerprint density at radius 3 is 2.38 bits per heavy atom. The van der Waals surface area contributed by atoms with Crippen LogP contribution in [-0.4, -0.2) is 11.0 Å². The summed E-state index contributed by atoms with van der Waals surface area (Å²) in [6.07, 6.45) is 0. The molecule has 0 aliphatic carbocycles. The third kappa shape index (κ3) is 3.68. The van der Waals surface area contributed by atoms with Crippen LogP contribution in [0.1, 0.15) is 10.4 Å². The van der Waals surface area contributed by atoms with Crippen molar-refractivity contribution in [2.75, 3.05) is 0 Å². The second-order valence-electron chi connectivity index (χ2n) is 4.15. The number of carbonyl (C=O) groups is 1. The number of carboxylic acids is 1. The molecule has 0 saturated carbocycles. The summed E-state index contributed by atoms with van der Waals surface area (Å²) in [5.41, 5.74) is 1.55. The van der Waals surface area contributed by atoms with Crippen LogP contribution in [0.15, 0.2) is 40.8 Å². The summed E-state index contributed by atoms with van der Waals surface area (Å²) in [6, 6.07) is 9.26. The normalized spacial score (nSPS) is 10.4. The number of nitrogens with zero attached hydrogens (tertiary/aromatic N) is 1. The van der Waals surface area contributed by atoms with Crippen molar-refractivity contribution in [1.29, 1.82) is 0 Å². The van der Waals surface area contributed by atoms with Gasteiger partial charge in [-0.25, -0.2) is 4.98 Å². The smallest absolute Gasteiger partial charge is 0.545 e. The molecule has 0 aliphatic heterocycles. The second-order valence-corrected chi connectivity index (χ2v) is 5.02. The Bertz CT molecular complexity index is 812. The molecule has 0 radical (unpaired) electrons. The maximum atomic E-state index is 10.8. The number of benzene rings is 2. The second kappa shape index (κ2) is 6.79. The molecule has 0 bridgehead atoms. The molecular weight excluding hydrogens is 340 g/mol. The summed E-state index contributed by atoms with van der Waals surface area (Å²) in [4.78, 5) is 15.1. The molecule has 3 rings (SSSR count). The van der Waals surface area contributed by atoms with E-state index in [1.54, 1.807) is 24.3 Å². The first-order chi connectivity index (χ1) is 9.52. The molecule has 4 nitrogen and oxygen atoms in total. The van der Waals surface area contributed by atoms with E-state index in [9.17, 15) is 9.90 Å². The van der Waals surface area contributed by atoms with Gasteiger partial charge in [-0.1, -0.05) is 29.3 Å². The number of hydrogen-bond donors (Lipinski definition) is 0. The van der Waals surface area contributed by atoms with E-state index in [-0.39, 0.29) is 56.9 Å². The van der Waals surface area contributed by atoms with Crippen LogP contribution in [0.3, 0.4) is 0 Å². The summed E-state index contributed by atoms with van der Waals surface area (Å²) >= 11 is 11.9. The molecule has 0 aliphatic rings. The van der Waals surface area contributed by atoms with E-state index < -0.39 is 5.97 Å². The van der Waals surface area contributed by atoms with Crippen molar-refractivity contribution in [3.8, 4) is 11.5 Å². The van der Waals surface area contributed by atoms with Gasteiger partial charge in [0.2, 0.25) is 5.89 Å². The molecular formula is C14H6Cl2KNO3. The molecule has 21 heavy (non-hydrogen) atoms. The number of carboxylic acid groups (broad SMARTS) is 1. The van der Waals surface area contributed by atoms with E-state index in [4.69, 9.17) is 27.6 Å². The Balaban J connectivity index is 0.00000161. The van der Waals surface area contributed by atoms with Gasteiger partial charge in [-0.15, -0.1) is 0 Å². The number of halogens is 2. The van der Waals surface area contributed by atoms with Gasteiger partial charge in [-0.3, -0.25) is 0 Å². The predicted octanol–water partition coefficient (Wildman–Crippen LogP) is 0.169. The fourth-order valence-corrected chi connectivity index (χ4v) is 2.38. The van der Waals surface area contributed by atoms with Gasteiger partial charge in [-0.2, -0.15) is 0 Å². The number of aromatic carboxylic acids is 1. The zero-order valence-electron chi connectivity index (χ0n) is 10.9. The molecule has 1 heterocycles. The summed E-state index contributed by atoms with van der Waals surface area (Å²) in [7, 11) is 0. The first kappa shape index (κ1) is 17.0. The van der Waals surface area contributed by atoms with Crippen molar-refractivity contribution in [3.63, 3.8) is 0 Å². The van der Waals surface area contributed by atoms with Crippen molar-refractivity contribution in [2.24, 2.45) is 0 Å². The number of oxazole rings is 1. The largest absolute Gasteiger partial charge is 1.00 e. The summed E-state index contributed by atoms with van der Waals surface area (Å²) in [6.45, 7) is 0. The molecule has 3 aromatic rings. The van der Waals surface area contributed by atoms with Crippen LogP contribution >= 0.6 is 23.2 Å². The predicted molar refractivity (Wildman–Crippen MR) is 73.8 cm³/mol. The molecule has 0 spiro atoms. The third-order valence-corrected chi connectivity index (χ3v) is 3.17. The fourth-order valence-electron chi connectivity index (χ4n) is 1.85. The number of aromatic nitrogens is 1. The van der Waals surface area contributed by atoms with Gasteiger partial charge < -0.3 is 14.3 Å². The van der Waals surface area contributed by atoms with E-state index in [1.807, 2.05) is 0 Å². The van der Waals surface area contributed by atoms with Gasteiger partial charge in [0.1, 0.15) is 5.52 Å². The first-order valence-electron chi connectivity index (χ1n) is 5.61. The van der Waals surface area contributed by atoms with Gasteiger partial charge in [0.05, 0.1) is 5.97 Å². The molecule has 0 fully saturated rings. The molecule has 0 unspecified atom stereocenters. The molecule has 1 aromatic heterocycles. The van der Waals surface area contributed by atoms with Gasteiger partial charge in [0.15, 0.2) is 5.58 Å². The molecule has 0 N–H and O–H groups in total. The first-order valence-corrected chi connectivity index (χ1v) is 6.37. The minimum Gasteiger partial charge on any atom is -0.545 e. The van der Waals surface area contributed by atoms with Gasteiger partial charge in [-0.05, 0) is 30.3 Å². The number of fused-ring (bicyclic) bond motifs is 1. The van der Waals surface area contributed by atoms with Crippen molar-refractivity contribution in [3.05, 3.63) is 52.0 Å². The van der Waals surface area contributed by atoms with Crippen LogP contribution in [0, 0.1) is 0 Å². The van der Waals surface area contributed by atoms with E-state index in [0.29, 0.717) is 32.6 Å². The molecule has 0 atom stereocenters. The zero-order valence-corrected chi connectivity index (χ0v) is 15.5. The van der Waals surface area contributed by atoms with E-state index >= 15 is 0 Å². The van der Waals surface area contributed by atoms with Crippen LogP contribution in [0.4, 0.5) is 0 Å². The Hall–Kier alpha value is -0.404. The van der Waals surface area contributed by atoms with E-state index in [1.165, 1.54) is 12.1 Å². The minimum absolute atomic E-state index is 0. The molecule has 7 heteroatoms. The maximum absolute atomic E-state index is 10.8. The SMILES string of the molecule is O=C([O-])c1ccc2nc(-c3cc(Cl)cc(Cl)c3)oc2c1.[K+]. The van der Waals surface area contributed by atoms with Gasteiger partial charge in [0.25, 0.3) is 0 Å². The number of rotatable bonds is 2. The average molecular weight is 346 g/mol. The Kier molecular flexibility index (Phi) is 5.48. The van der Waals surface area contributed by atoms with Crippen molar-refractivity contribution >= 4 is 40.3 Å². The summed E-state index contributed by atoms with van der Waals surface area (Å²) < 4.78 is 5.54.